The van der Waals surface area contributed by atoms with Crippen molar-refractivity contribution < 1.29 is 44.7 Å². The van der Waals surface area contributed by atoms with E-state index in [2.05, 4.69) is 25.9 Å². The van der Waals surface area contributed by atoms with Crippen molar-refractivity contribution in [3.8, 4) is 28.3 Å². The van der Waals surface area contributed by atoms with E-state index < -0.39 is 46.6 Å². The van der Waals surface area contributed by atoms with E-state index in [9.17, 15) is 39.9 Å². The first-order chi connectivity index (χ1) is 21.2. The van der Waals surface area contributed by atoms with Gasteiger partial charge in [0.15, 0.2) is 11.6 Å². The Balaban J connectivity index is 0.000000231. The van der Waals surface area contributed by atoms with Crippen LogP contribution in [-0.2, 0) is 24.3 Å². The number of hydrogen-bond acceptors (Lipinski definition) is 6. The maximum Gasteiger partial charge on any atom is 0.416 e. The number of hydrogen-bond donors (Lipinski definition) is 1. The molecule has 0 radical (unpaired) electrons. The number of nitrogens with zero attached hydrogens (tertiary/aromatic N) is 2. The highest BCUT2D eigenvalue weighted by molar-refractivity contribution is 9.08. The van der Waals surface area contributed by atoms with Crippen molar-refractivity contribution in [1.29, 1.82) is 0 Å². The van der Waals surface area contributed by atoms with Crippen LogP contribution in [0.3, 0.4) is 0 Å². The van der Waals surface area contributed by atoms with E-state index in [0.29, 0.717) is 32.9 Å². The zero-order valence-electron chi connectivity index (χ0n) is 22.3. The number of alkyl halides is 7. The van der Waals surface area contributed by atoms with Crippen LogP contribution in [0.15, 0.2) is 71.4 Å². The van der Waals surface area contributed by atoms with E-state index in [-0.39, 0.29) is 12.4 Å². The first-order valence-electron chi connectivity index (χ1n) is 12.4. The van der Waals surface area contributed by atoms with Crippen LogP contribution in [0.1, 0.15) is 31.5 Å². The number of benzene rings is 3. The summed E-state index contributed by atoms with van der Waals surface area (Å²) in [4.78, 5) is 19.6. The van der Waals surface area contributed by atoms with Gasteiger partial charge in [-0.1, -0.05) is 40.2 Å². The molecule has 0 aliphatic heterocycles. The molecule has 1 amide bonds. The number of rotatable bonds is 7. The highest BCUT2D eigenvalue weighted by Gasteiger charge is 2.31. The number of carbonyl (C=O) groups excluding carboxylic acids is 1. The SMILES string of the molecule is FC(F)(F)c1ccc(-c2csc(CBr)n2)cc1.NC(=O)c1c(F)ccc(OCc2nc(-c3ccc(C(F)(F)F)cc3)cs2)c1F. The van der Waals surface area contributed by atoms with Crippen molar-refractivity contribution in [3.63, 3.8) is 0 Å². The molecule has 0 saturated heterocycles. The quantitative estimate of drug-likeness (QED) is 0.133. The molecule has 3 aromatic carbocycles. The minimum atomic E-state index is -4.43. The van der Waals surface area contributed by atoms with Gasteiger partial charge in [0, 0.05) is 21.9 Å². The largest absolute Gasteiger partial charge is 0.483 e. The molecule has 5 rings (SSSR count). The predicted octanol–water partition coefficient (Wildman–Crippen LogP) is 9.51. The summed E-state index contributed by atoms with van der Waals surface area (Å²) < 4.78 is 108. The molecule has 0 atom stereocenters. The third-order valence-corrected chi connectivity index (χ3v) is 8.46. The molecule has 2 heterocycles. The van der Waals surface area contributed by atoms with Gasteiger partial charge in [0.2, 0.25) is 0 Å². The number of carbonyl (C=O) groups is 1. The predicted molar refractivity (Wildman–Crippen MR) is 157 cm³/mol. The Kier molecular flexibility index (Phi) is 10.6. The average molecular weight is 737 g/mol. The second-order valence-corrected chi connectivity index (χ2v) is 11.4. The summed E-state index contributed by atoms with van der Waals surface area (Å²) >= 11 is 5.90. The highest BCUT2D eigenvalue weighted by Crippen LogP contribution is 2.33. The molecule has 0 spiro atoms. The minimum Gasteiger partial charge on any atom is -0.483 e. The minimum absolute atomic E-state index is 0.188. The molecule has 5 nitrogen and oxygen atoms in total. The Bertz CT molecular complexity index is 1770. The Labute approximate surface area is 266 Å². The van der Waals surface area contributed by atoms with E-state index in [0.717, 1.165) is 52.7 Å². The lowest BCUT2D eigenvalue weighted by atomic mass is 10.1. The van der Waals surface area contributed by atoms with Gasteiger partial charge in [0.1, 0.15) is 28.0 Å². The van der Waals surface area contributed by atoms with Crippen molar-refractivity contribution in [2.24, 2.45) is 5.73 Å². The second kappa shape index (κ2) is 14.0. The number of amides is 1. The molecule has 236 valence electrons. The van der Waals surface area contributed by atoms with Gasteiger partial charge in [0.05, 0.1) is 27.8 Å². The Morgan fingerprint density at radius 2 is 1.22 bits per heavy atom. The Morgan fingerprint density at radius 3 is 1.64 bits per heavy atom. The van der Waals surface area contributed by atoms with Gasteiger partial charge in [-0.25, -0.2) is 18.7 Å². The lowest BCUT2D eigenvalue weighted by Crippen LogP contribution is -2.16. The number of thiazole rings is 2. The summed E-state index contributed by atoms with van der Waals surface area (Å²) in [6, 6.07) is 11.4. The van der Waals surface area contributed by atoms with Crippen LogP contribution in [0.5, 0.6) is 5.75 Å². The molecule has 0 unspecified atom stereocenters. The Morgan fingerprint density at radius 1 is 0.756 bits per heavy atom. The molecular weight excluding hydrogens is 718 g/mol. The highest BCUT2D eigenvalue weighted by atomic mass is 79.9. The average Bonchev–Trinajstić information content (AvgIpc) is 3.67. The number of aromatic nitrogens is 2. The number of primary amides is 1. The zero-order valence-corrected chi connectivity index (χ0v) is 25.6. The van der Waals surface area contributed by atoms with Crippen molar-refractivity contribution in [2.75, 3.05) is 0 Å². The van der Waals surface area contributed by atoms with E-state index in [4.69, 9.17) is 10.5 Å². The van der Waals surface area contributed by atoms with Gasteiger partial charge in [-0.05, 0) is 36.4 Å². The van der Waals surface area contributed by atoms with E-state index in [1.165, 1.54) is 35.6 Å². The monoisotopic (exact) mass is 735 g/mol. The lowest BCUT2D eigenvalue weighted by Gasteiger charge is -2.08. The molecule has 0 bridgehead atoms. The van der Waals surface area contributed by atoms with Gasteiger partial charge >= 0.3 is 12.4 Å². The molecule has 0 saturated carbocycles. The van der Waals surface area contributed by atoms with E-state index in [1.54, 1.807) is 5.38 Å². The molecule has 0 aliphatic carbocycles. The summed E-state index contributed by atoms with van der Waals surface area (Å²) in [6.45, 7) is -0.188. The van der Waals surface area contributed by atoms with Crippen molar-refractivity contribution in [1.82, 2.24) is 9.97 Å². The van der Waals surface area contributed by atoms with Crippen LogP contribution < -0.4 is 10.5 Å². The molecule has 0 aliphatic rings. The van der Waals surface area contributed by atoms with Gasteiger partial charge in [-0.2, -0.15) is 26.3 Å². The van der Waals surface area contributed by atoms with Crippen molar-refractivity contribution in [2.45, 2.75) is 24.3 Å². The number of halogens is 9. The topological polar surface area (TPSA) is 78.1 Å². The zero-order chi connectivity index (χ0) is 32.9. The van der Waals surface area contributed by atoms with Gasteiger partial charge < -0.3 is 10.5 Å². The molecule has 16 heteroatoms. The summed E-state index contributed by atoms with van der Waals surface area (Å²) in [5.41, 5.74) is 4.93. The van der Waals surface area contributed by atoms with Gasteiger partial charge in [-0.15, -0.1) is 22.7 Å². The summed E-state index contributed by atoms with van der Waals surface area (Å²) in [7, 11) is 0. The normalized spacial score (nSPS) is 11.6. The fourth-order valence-corrected chi connectivity index (χ4v) is 5.57. The maximum atomic E-state index is 14.1. The number of ether oxygens (including phenoxy) is 1. The number of nitrogens with two attached hydrogens (primary N) is 1. The van der Waals surface area contributed by atoms with Crippen molar-refractivity contribution >= 4 is 44.5 Å². The summed E-state index contributed by atoms with van der Waals surface area (Å²) in [5, 5.41) is 5.40. The molecule has 5 aromatic rings. The van der Waals surface area contributed by atoms with Crippen molar-refractivity contribution in [3.05, 3.63) is 110 Å². The summed E-state index contributed by atoms with van der Waals surface area (Å²) in [6.07, 6.45) is -8.72. The molecule has 2 N–H and O–H groups in total. The standard InChI is InChI=1S/C18H11F5N2O2S.C11H7BrF3NS/c19-11-5-6-13(16(20)15(11)17(24)26)27-7-14-25-12(8-28-14)9-1-3-10(4-2-9)18(21,22)23;12-5-10-16-9(6-17-10)7-1-3-8(4-2-7)11(13,14)15/h1-6,8H,7H2,(H2,24,26);1-4,6H,5H2. The Hall–Kier alpha value is -3.89. The van der Waals surface area contributed by atoms with Crippen LogP contribution >= 0.6 is 38.6 Å². The third-order valence-electron chi connectivity index (χ3n) is 5.89. The third kappa shape index (κ3) is 8.64. The smallest absolute Gasteiger partial charge is 0.416 e. The first-order valence-corrected chi connectivity index (χ1v) is 15.3. The first kappa shape index (κ1) is 34.0. The maximum absolute atomic E-state index is 14.1. The van der Waals surface area contributed by atoms with Gasteiger partial charge in [0.25, 0.3) is 5.91 Å². The van der Waals surface area contributed by atoms with Gasteiger partial charge in [-0.3, -0.25) is 4.79 Å². The van der Waals surface area contributed by atoms with Crippen LogP contribution in [0, 0.1) is 11.6 Å². The van der Waals surface area contributed by atoms with Crippen LogP contribution in [0.4, 0.5) is 35.1 Å². The fourth-order valence-electron chi connectivity index (χ4n) is 3.68. The van der Waals surface area contributed by atoms with Crippen LogP contribution in [0.2, 0.25) is 0 Å². The molecule has 2 aromatic heterocycles. The van der Waals surface area contributed by atoms with E-state index in [1.807, 2.05) is 5.38 Å². The summed E-state index contributed by atoms with van der Waals surface area (Å²) in [5.74, 6) is -3.95. The van der Waals surface area contributed by atoms with Crippen LogP contribution in [0.25, 0.3) is 22.5 Å². The van der Waals surface area contributed by atoms with E-state index >= 15 is 0 Å². The molecule has 45 heavy (non-hydrogen) atoms. The fraction of sp³-hybridized carbons (Fsp3) is 0.138. The molecular formula is C29H18BrF8N3O2S2. The lowest BCUT2D eigenvalue weighted by molar-refractivity contribution is -0.138. The molecule has 0 fully saturated rings. The van der Waals surface area contributed by atoms with Crippen LogP contribution in [-0.4, -0.2) is 15.9 Å². The second-order valence-electron chi connectivity index (χ2n) is 8.92.